The number of rotatable bonds is 2. The van der Waals surface area contributed by atoms with E-state index < -0.39 is 6.10 Å². The number of aliphatic hydroxyl groups is 1. The predicted octanol–water partition coefficient (Wildman–Crippen LogP) is 1.70. The maximum Gasteiger partial charge on any atom is 0.137 e. The van der Waals surface area contributed by atoms with Gasteiger partial charge in [0, 0.05) is 25.4 Å². The van der Waals surface area contributed by atoms with Crippen LogP contribution in [0.2, 0.25) is 0 Å². The normalized spacial score (nSPS) is 20.0. The number of ether oxygens (including phenoxy) is 1. The number of fused-ring (bicyclic) bond motifs is 1. The van der Waals surface area contributed by atoms with Crippen molar-refractivity contribution in [1.82, 2.24) is 9.55 Å². The fourth-order valence-corrected chi connectivity index (χ4v) is 2.43. The first-order chi connectivity index (χ1) is 8.75. The van der Waals surface area contributed by atoms with Gasteiger partial charge in [-0.15, -0.1) is 0 Å². The van der Waals surface area contributed by atoms with E-state index in [-0.39, 0.29) is 5.92 Å². The molecule has 0 spiro atoms. The van der Waals surface area contributed by atoms with Gasteiger partial charge in [-0.2, -0.15) is 0 Å². The number of imidazole rings is 1. The van der Waals surface area contributed by atoms with Crippen LogP contribution < -0.4 is 4.74 Å². The second-order valence-corrected chi connectivity index (χ2v) is 4.72. The van der Waals surface area contributed by atoms with Crippen molar-refractivity contribution in [2.24, 2.45) is 13.0 Å². The van der Waals surface area contributed by atoms with Gasteiger partial charge >= 0.3 is 0 Å². The lowest BCUT2D eigenvalue weighted by molar-refractivity contribution is 0.0562. The third kappa shape index (κ3) is 1.88. The standard InChI is InChI=1S/C14H16N2O2/c1-16-7-6-15-14(16)13(17)11-8-10-4-2-3-5-12(10)18-9-11/h2-7,11,13,17H,8-9H2,1H3. The number of aryl methyl sites for hydroxylation is 1. The second-order valence-electron chi connectivity index (χ2n) is 4.72. The molecule has 1 aromatic heterocycles. The van der Waals surface area contributed by atoms with Gasteiger partial charge in [0.1, 0.15) is 17.7 Å². The quantitative estimate of drug-likeness (QED) is 0.874. The molecule has 0 amide bonds. The minimum absolute atomic E-state index is 0.0565. The number of nitrogens with zero attached hydrogens (tertiary/aromatic N) is 2. The van der Waals surface area contributed by atoms with Crippen molar-refractivity contribution in [1.29, 1.82) is 0 Å². The lowest BCUT2D eigenvalue weighted by Gasteiger charge is -2.28. The van der Waals surface area contributed by atoms with Crippen molar-refractivity contribution in [3.8, 4) is 5.75 Å². The topological polar surface area (TPSA) is 47.3 Å². The minimum atomic E-state index is -0.585. The zero-order valence-electron chi connectivity index (χ0n) is 10.3. The van der Waals surface area contributed by atoms with Gasteiger partial charge in [0.05, 0.1) is 6.61 Å². The van der Waals surface area contributed by atoms with Crippen molar-refractivity contribution < 1.29 is 9.84 Å². The van der Waals surface area contributed by atoms with Gasteiger partial charge in [0.15, 0.2) is 0 Å². The van der Waals surface area contributed by atoms with E-state index in [2.05, 4.69) is 4.98 Å². The van der Waals surface area contributed by atoms with Crippen LogP contribution in [0.15, 0.2) is 36.7 Å². The fourth-order valence-electron chi connectivity index (χ4n) is 2.43. The van der Waals surface area contributed by atoms with Crippen LogP contribution in [0.4, 0.5) is 0 Å². The van der Waals surface area contributed by atoms with E-state index in [0.29, 0.717) is 12.4 Å². The van der Waals surface area contributed by atoms with Gasteiger partial charge in [-0.05, 0) is 18.1 Å². The van der Waals surface area contributed by atoms with Crippen LogP contribution in [0.25, 0.3) is 0 Å². The summed E-state index contributed by atoms with van der Waals surface area (Å²) >= 11 is 0. The molecule has 2 aromatic rings. The van der Waals surface area contributed by atoms with Crippen LogP contribution in [0.1, 0.15) is 17.5 Å². The van der Waals surface area contributed by atoms with E-state index in [4.69, 9.17) is 4.74 Å². The molecule has 1 N–H and O–H groups in total. The summed E-state index contributed by atoms with van der Waals surface area (Å²) in [5.41, 5.74) is 1.15. The Hall–Kier alpha value is -1.81. The Morgan fingerprint density at radius 3 is 3.06 bits per heavy atom. The number of hydrogen-bond acceptors (Lipinski definition) is 3. The zero-order chi connectivity index (χ0) is 12.5. The molecule has 94 valence electrons. The zero-order valence-corrected chi connectivity index (χ0v) is 10.3. The molecule has 0 radical (unpaired) electrons. The molecule has 2 atom stereocenters. The Kier molecular flexibility index (Phi) is 2.80. The van der Waals surface area contributed by atoms with Crippen LogP contribution in [-0.4, -0.2) is 21.3 Å². The second kappa shape index (κ2) is 4.46. The summed E-state index contributed by atoms with van der Waals surface area (Å²) in [6.07, 6.45) is 3.79. The monoisotopic (exact) mass is 244 g/mol. The average Bonchev–Trinajstić information content (AvgIpc) is 2.83. The van der Waals surface area contributed by atoms with Crippen molar-refractivity contribution in [2.75, 3.05) is 6.61 Å². The van der Waals surface area contributed by atoms with E-state index in [0.717, 1.165) is 17.7 Å². The Bertz CT molecular complexity index is 550. The first-order valence-corrected chi connectivity index (χ1v) is 6.11. The van der Waals surface area contributed by atoms with Crippen molar-refractivity contribution >= 4 is 0 Å². The van der Waals surface area contributed by atoms with Gasteiger partial charge in [0.2, 0.25) is 0 Å². The molecule has 3 rings (SSSR count). The Morgan fingerprint density at radius 1 is 1.44 bits per heavy atom. The number of aromatic nitrogens is 2. The lowest BCUT2D eigenvalue weighted by Crippen LogP contribution is -2.28. The van der Waals surface area contributed by atoms with Gasteiger partial charge in [0.25, 0.3) is 0 Å². The summed E-state index contributed by atoms with van der Waals surface area (Å²) in [5, 5.41) is 10.4. The summed E-state index contributed by atoms with van der Waals surface area (Å²) in [6.45, 7) is 0.533. The van der Waals surface area contributed by atoms with Crippen molar-refractivity contribution in [3.05, 3.63) is 48.0 Å². The highest BCUT2D eigenvalue weighted by Gasteiger charge is 2.29. The predicted molar refractivity (Wildman–Crippen MR) is 67.3 cm³/mol. The maximum absolute atomic E-state index is 10.4. The number of aliphatic hydroxyl groups excluding tert-OH is 1. The Morgan fingerprint density at radius 2 is 2.28 bits per heavy atom. The summed E-state index contributed by atoms with van der Waals surface area (Å²) in [5.74, 6) is 1.68. The Labute approximate surface area is 106 Å². The van der Waals surface area contributed by atoms with Crippen LogP contribution in [0, 0.1) is 5.92 Å². The highest BCUT2D eigenvalue weighted by Crippen LogP contribution is 2.32. The first kappa shape index (κ1) is 11.3. The molecule has 0 saturated heterocycles. The van der Waals surface area contributed by atoms with Crippen LogP contribution in [-0.2, 0) is 13.5 Å². The highest BCUT2D eigenvalue weighted by atomic mass is 16.5. The molecule has 18 heavy (non-hydrogen) atoms. The maximum atomic E-state index is 10.4. The SMILES string of the molecule is Cn1ccnc1C(O)C1COc2ccccc2C1. The molecule has 0 saturated carbocycles. The molecule has 1 aromatic carbocycles. The average molecular weight is 244 g/mol. The van der Waals surface area contributed by atoms with Gasteiger partial charge < -0.3 is 14.4 Å². The number of para-hydroxylation sites is 1. The molecular weight excluding hydrogens is 228 g/mol. The minimum Gasteiger partial charge on any atom is -0.493 e. The molecular formula is C14H16N2O2. The summed E-state index contributed by atoms with van der Waals surface area (Å²) in [7, 11) is 1.89. The molecule has 0 bridgehead atoms. The molecule has 4 nitrogen and oxygen atoms in total. The summed E-state index contributed by atoms with van der Waals surface area (Å²) in [6, 6.07) is 7.98. The molecule has 4 heteroatoms. The molecule has 1 aliphatic rings. The van der Waals surface area contributed by atoms with E-state index in [9.17, 15) is 5.11 Å². The van der Waals surface area contributed by atoms with Crippen LogP contribution in [0.5, 0.6) is 5.75 Å². The third-order valence-electron chi connectivity index (χ3n) is 3.48. The molecule has 2 heterocycles. The molecule has 2 unspecified atom stereocenters. The number of hydrogen-bond donors (Lipinski definition) is 1. The first-order valence-electron chi connectivity index (χ1n) is 6.11. The highest BCUT2D eigenvalue weighted by molar-refractivity contribution is 5.35. The van der Waals surface area contributed by atoms with E-state index in [1.807, 2.05) is 42.1 Å². The van der Waals surface area contributed by atoms with Gasteiger partial charge in [-0.25, -0.2) is 4.98 Å². The summed E-state index contributed by atoms with van der Waals surface area (Å²) in [4.78, 5) is 4.20. The smallest absolute Gasteiger partial charge is 0.137 e. The van der Waals surface area contributed by atoms with E-state index in [1.165, 1.54) is 0 Å². The van der Waals surface area contributed by atoms with E-state index >= 15 is 0 Å². The fraction of sp³-hybridized carbons (Fsp3) is 0.357. The van der Waals surface area contributed by atoms with Crippen molar-refractivity contribution in [3.63, 3.8) is 0 Å². The Balaban J connectivity index is 1.82. The van der Waals surface area contributed by atoms with Crippen LogP contribution >= 0.6 is 0 Å². The van der Waals surface area contributed by atoms with Crippen molar-refractivity contribution in [2.45, 2.75) is 12.5 Å². The van der Waals surface area contributed by atoms with Gasteiger partial charge in [-0.3, -0.25) is 0 Å². The third-order valence-corrected chi connectivity index (χ3v) is 3.48. The lowest BCUT2D eigenvalue weighted by atomic mass is 9.91. The summed E-state index contributed by atoms with van der Waals surface area (Å²) < 4.78 is 7.55. The molecule has 1 aliphatic heterocycles. The van der Waals surface area contributed by atoms with E-state index in [1.54, 1.807) is 6.20 Å². The number of benzene rings is 1. The molecule has 0 aliphatic carbocycles. The van der Waals surface area contributed by atoms with Crippen LogP contribution in [0.3, 0.4) is 0 Å². The van der Waals surface area contributed by atoms with Gasteiger partial charge in [-0.1, -0.05) is 18.2 Å². The largest absolute Gasteiger partial charge is 0.493 e. The molecule has 0 fully saturated rings.